The molecule has 0 spiro atoms. The van der Waals surface area contributed by atoms with Gasteiger partial charge in [0.2, 0.25) is 5.91 Å². The van der Waals surface area contributed by atoms with E-state index in [1.54, 1.807) is 25.4 Å². The number of nitrogens with one attached hydrogen (secondary N) is 2. The normalized spacial score (nSPS) is 12.1. The number of pyridine rings is 1. The van der Waals surface area contributed by atoms with Crippen LogP contribution >= 0.6 is 11.6 Å². The van der Waals surface area contributed by atoms with E-state index in [0.29, 0.717) is 10.7 Å². The maximum atomic E-state index is 11.9. The Morgan fingerprint density at radius 3 is 2.95 bits per heavy atom. The van der Waals surface area contributed by atoms with Crippen LogP contribution in [0.15, 0.2) is 18.5 Å². The standard InChI is InChI=1S/C14H16ClN3O3/c1-3-21-14(20)11(18-8(2)19)6-9-7-17-13-12(9)10(15)4-5-16-13/h4-5,7,11H,3,6H2,1-2H3,(H,16,17)(H,18,19). The van der Waals surface area contributed by atoms with Crippen LogP contribution in [0.4, 0.5) is 0 Å². The van der Waals surface area contributed by atoms with Gasteiger partial charge in [-0.3, -0.25) is 4.79 Å². The zero-order chi connectivity index (χ0) is 15.4. The van der Waals surface area contributed by atoms with E-state index >= 15 is 0 Å². The molecule has 2 aromatic rings. The average molecular weight is 310 g/mol. The molecule has 1 atom stereocenters. The second kappa shape index (κ2) is 6.58. The van der Waals surface area contributed by atoms with Gasteiger partial charge < -0.3 is 15.0 Å². The molecule has 112 valence electrons. The summed E-state index contributed by atoms with van der Waals surface area (Å²) in [4.78, 5) is 30.4. The molecule has 0 fully saturated rings. The van der Waals surface area contributed by atoms with Gasteiger partial charge in [-0.05, 0) is 18.6 Å². The van der Waals surface area contributed by atoms with Crippen molar-refractivity contribution in [2.45, 2.75) is 26.3 Å². The molecule has 2 heterocycles. The summed E-state index contributed by atoms with van der Waals surface area (Å²) in [7, 11) is 0. The minimum Gasteiger partial charge on any atom is -0.464 e. The number of carbonyl (C=O) groups is 2. The number of esters is 1. The number of amides is 1. The number of halogens is 1. The highest BCUT2D eigenvalue weighted by Crippen LogP contribution is 2.25. The van der Waals surface area contributed by atoms with Crippen molar-refractivity contribution in [3.8, 4) is 0 Å². The van der Waals surface area contributed by atoms with Crippen molar-refractivity contribution < 1.29 is 14.3 Å². The van der Waals surface area contributed by atoms with E-state index < -0.39 is 12.0 Å². The highest BCUT2D eigenvalue weighted by atomic mass is 35.5. The molecule has 1 unspecified atom stereocenters. The summed E-state index contributed by atoms with van der Waals surface area (Å²) in [5.41, 5.74) is 1.44. The highest BCUT2D eigenvalue weighted by Gasteiger charge is 2.23. The summed E-state index contributed by atoms with van der Waals surface area (Å²) >= 11 is 6.17. The lowest BCUT2D eigenvalue weighted by Crippen LogP contribution is -2.42. The third-order valence-electron chi connectivity index (χ3n) is 2.98. The molecule has 2 rings (SSSR count). The lowest BCUT2D eigenvalue weighted by atomic mass is 10.1. The van der Waals surface area contributed by atoms with E-state index in [9.17, 15) is 9.59 Å². The molecule has 1 amide bonds. The number of fused-ring (bicyclic) bond motifs is 1. The van der Waals surface area contributed by atoms with Gasteiger partial charge in [-0.15, -0.1) is 0 Å². The number of ether oxygens (including phenoxy) is 1. The highest BCUT2D eigenvalue weighted by molar-refractivity contribution is 6.35. The van der Waals surface area contributed by atoms with Crippen molar-refractivity contribution in [2.24, 2.45) is 0 Å². The summed E-state index contributed by atoms with van der Waals surface area (Å²) in [6.07, 6.45) is 3.61. The number of hydrogen-bond donors (Lipinski definition) is 2. The summed E-state index contributed by atoms with van der Waals surface area (Å²) in [6.45, 7) is 3.33. The topological polar surface area (TPSA) is 84.1 Å². The molecule has 0 aliphatic rings. The SMILES string of the molecule is CCOC(=O)C(Cc1c[nH]c2nccc(Cl)c12)NC(C)=O. The Kier molecular flexibility index (Phi) is 4.80. The third kappa shape index (κ3) is 3.52. The fraction of sp³-hybridized carbons (Fsp3) is 0.357. The Hall–Kier alpha value is -2.08. The zero-order valence-electron chi connectivity index (χ0n) is 11.8. The first-order valence-corrected chi connectivity index (χ1v) is 6.95. The predicted octanol–water partition coefficient (Wildman–Crippen LogP) is 1.83. The number of aromatic amines is 1. The molecular weight excluding hydrogens is 294 g/mol. The first kappa shape index (κ1) is 15.3. The average Bonchev–Trinajstić information content (AvgIpc) is 2.82. The largest absolute Gasteiger partial charge is 0.464 e. The Morgan fingerprint density at radius 1 is 1.52 bits per heavy atom. The molecular formula is C14H16ClN3O3. The van der Waals surface area contributed by atoms with Crippen molar-refractivity contribution in [3.05, 3.63) is 29.0 Å². The fourth-order valence-electron chi connectivity index (χ4n) is 2.14. The van der Waals surface area contributed by atoms with Crippen molar-refractivity contribution in [2.75, 3.05) is 6.61 Å². The van der Waals surface area contributed by atoms with Gasteiger partial charge in [0.1, 0.15) is 11.7 Å². The summed E-state index contributed by atoms with van der Waals surface area (Å²) in [5.74, 6) is -0.765. The van der Waals surface area contributed by atoms with Crippen molar-refractivity contribution in [1.82, 2.24) is 15.3 Å². The first-order chi connectivity index (χ1) is 10.0. The quantitative estimate of drug-likeness (QED) is 0.825. The van der Waals surface area contributed by atoms with Crippen molar-refractivity contribution in [3.63, 3.8) is 0 Å². The van der Waals surface area contributed by atoms with E-state index in [1.807, 2.05) is 0 Å². The molecule has 0 bridgehead atoms. The van der Waals surface area contributed by atoms with Gasteiger partial charge in [-0.25, -0.2) is 9.78 Å². The maximum Gasteiger partial charge on any atom is 0.328 e. The monoisotopic (exact) mass is 309 g/mol. The van der Waals surface area contributed by atoms with Crippen LogP contribution in [-0.4, -0.2) is 34.5 Å². The van der Waals surface area contributed by atoms with Gasteiger partial charge >= 0.3 is 5.97 Å². The van der Waals surface area contributed by atoms with E-state index in [4.69, 9.17) is 16.3 Å². The van der Waals surface area contributed by atoms with Crippen LogP contribution in [0.3, 0.4) is 0 Å². The second-order valence-corrected chi connectivity index (χ2v) is 4.95. The predicted molar refractivity (Wildman–Crippen MR) is 79.0 cm³/mol. The van der Waals surface area contributed by atoms with E-state index in [2.05, 4.69) is 15.3 Å². The molecule has 2 N–H and O–H groups in total. The summed E-state index contributed by atoms with van der Waals surface area (Å²) in [5, 5.41) is 3.89. The van der Waals surface area contributed by atoms with Crippen LogP contribution < -0.4 is 5.32 Å². The number of hydrogen-bond acceptors (Lipinski definition) is 4. The molecule has 0 saturated heterocycles. The van der Waals surface area contributed by atoms with Crippen LogP contribution in [0.25, 0.3) is 11.0 Å². The lowest BCUT2D eigenvalue weighted by Gasteiger charge is -2.16. The van der Waals surface area contributed by atoms with Gasteiger partial charge in [0.05, 0.1) is 11.6 Å². The Morgan fingerprint density at radius 2 is 2.29 bits per heavy atom. The maximum absolute atomic E-state index is 11.9. The second-order valence-electron chi connectivity index (χ2n) is 4.54. The number of aromatic nitrogens is 2. The molecule has 0 saturated carbocycles. The minimum atomic E-state index is -0.752. The number of rotatable bonds is 5. The van der Waals surface area contributed by atoms with Crippen molar-refractivity contribution in [1.29, 1.82) is 0 Å². The molecule has 6 nitrogen and oxygen atoms in total. The van der Waals surface area contributed by atoms with Crippen LogP contribution in [0.2, 0.25) is 5.02 Å². The fourth-order valence-corrected chi connectivity index (χ4v) is 2.41. The zero-order valence-corrected chi connectivity index (χ0v) is 12.5. The van der Waals surface area contributed by atoms with E-state index in [0.717, 1.165) is 10.9 Å². The molecule has 0 aromatic carbocycles. The van der Waals surface area contributed by atoms with Gasteiger partial charge in [-0.1, -0.05) is 11.6 Å². The van der Waals surface area contributed by atoms with Gasteiger partial charge in [0.25, 0.3) is 0 Å². The molecule has 2 aromatic heterocycles. The smallest absolute Gasteiger partial charge is 0.328 e. The molecule has 0 aliphatic heterocycles. The first-order valence-electron chi connectivity index (χ1n) is 6.57. The van der Waals surface area contributed by atoms with Crippen LogP contribution in [-0.2, 0) is 20.7 Å². The van der Waals surface area contributed by atoms with Crippen LogP contribution in [0.5, 0.6) is 0 Å². The Bertz CT molecular complexity index is 669. The van der Waals surface area contributed by atoms with Crippen LogP contribution in [0.1, 0.15) is 19.4 Å². The number of nitrogens with zero attached hydrogens (tertiary/aromatic N) is 1. The molecule has 0 aliphatic carbocycles. The third-order valence-corrected chi connectivity index (χ3v) is 3.29. The Labute approximate surface area is 126 Å². The molecule has 0 radical (unpaired) electrons. The molecule has 21 heavy (non-hydrogen) atoms. The van der Waals surface area contributed by atoms with E-state index in [1.165, 1.54) is 6.92 Å². The lowest BCUT2D eigenvalue weighted by molar-refractivity contribution is -0.147. The van der Waals surface area contributed by atoms with Crippen LogP contribution in [0, 0.1) is 0 Å². The number of H-pyrrole nitrogens is 1. The van der Waals surface area contributed by atoms with Crippen molar-refractivity contribution >= 4 is 34.5 Å². The Balaban J connectivity index is 2.30. The van der Waals surface area contributed by atoms with Gasteiger partial charge in [0.15, 0.2) is 0 Å². The van der Waals surface area contributed by atoms with Gasteiger partial charge in [-0.2, -0.15) is 0 Å². The minimum absolute atomic E-state index is 0.255. The molecule has 7 heteroatoms. The van der Waals surface area contributed by atoms with E-state index in [-0.39, 0.29) is 18.9 Å². The number of carbonyl (C=O) groups excluding carboxylic acids is 2. The summed E-state index contributed by atoms with van der Waals surface area (Å²) in [6, 6.07) is 0.927. The summed E-state index contributed by atoms with van der Waals surface area (Å²) < 4.78 is 4.98. The van der Waals surface area contributed by atoms with Gasteiger partial charge in [0, 0.05) is 31.1 Å².